The van der Waals surface area contributed by atoms with Crippen molar-refractivity contribution < 1.29 is 19.4 Å². The van der Waals surface area contributed by atoms with Crippen molar-refractivity contribution in [1.82, 2.24) is 9.88 Å². The van der Waals surface area contributed by atoms with Crippen LogP contribution < -0.4 is 9.64 Å². The van der Waals surface area contributed by atoms with Gasteiger partial charge in [-0.25, -0.2) is 9.78 Å². The Bertz CT molecular complexity index is 1370. The summed E-state index contributed by atoms with van der Waals surface area (Å²) in [5, 5.41) is 7.00. The molecule has 1 fully saturated rings. The van der Waals surface area contributed by atoms with E-state index in [1.54, 1.807) is 6.20 Å². The third kappa shape index (κ3) is 8.16. The molecule has 1 aliphatic heterocycles. The summed E-state index contributed by atoms with van der Waals surface area (Å²) in [4.78, 5) is 22.6. The largest absolute Gasteiger partial charge is 0.489 e. The molecule has 0 atom stereocenters. The maximum absolute atomic E-state index is 13.3. The number of anilines is 1. The number of hydrogen-bond acceptors (Lipinski definition) is 7. The van der Waals surface area contributed by atoms with Gasteiger partial charge < -0.3 is 19.5 Å². The van der Waals surface area contributed by atoms with Crippen LogP contribution in [0.3, 0.4) is 0 Å². The van der Waals surface area contributed by atoms with E-state index in [1.165, 1.54) is 5.56 Å². The minimum atomic E-state index is -0.332. The van der Waals surface area contributed by atoms with Crippen molar-refractivity contribution in [2.75, 3.05) is 38.2 Å². The molecule has 2 heterocycles. The summed E-state index contributed by atoms with van der Waals surface area (Å²) in [6.45, 7) is 8.42. The quantitative estimate of drug-likeness (QED) is 0.262. The minimum absolute atomic E-state index is 0.210. The molecule has 0 saturated carbocycles. The third-order valence-electron chi connectivity index (χ3n) is 6.79. The van der Waals surface area contributed by atoms with Crippen LogP contribution in [0.25, 0.3) is 11.1 Å². The fourth-order valence-electron chi connectivity index (χ4n) is 4.87. The van der Waals surface area contributed by atoms with Gasteiger partial charge in [-0.05, 0) is 48.7 Å². The molecule has 1 aliphatic rings. The summed E-state index contributed by atoms with van der Waals surface area (Å²) in [6, 6.07) is 30.4. The first-order chi connectivity index (χ1) is 20.1. The van der Waals surface area contributed by atoms with Crippen molar-refractivity contribution >= 4 is 11.8 Å². The van der Waals surface area contributed by atoms with Crippen LogP contribution in [0, 0.1) is 0 Å². The summed E-state index contributed by atoms with van der Waals surface area (Å²) < 4.78 is 11.7. The fraction of sp³-hybridized carbons (Fsp3) is 0.294. The van der Waals surface area contributed by atoms with E-state index in [4.69, 9.17) is 14.6 Å². The normalized spacial score (nSPS) is 13.3. The van der Waals surface area contributed by atoms with Crippen molar-refractivity contribution in [3.05, 3.63) is 114 Å². The number of nitrogens with zero attached hydrogens (tertiary/aromatic N) is 3. The highest BCUT2D eigenvalue weighted by atomic mass is 16.5. The third-order valence-corrected chi connectivity index (χ3v) is 6.79. The van der Waals surface area contributed by atoms with Crippen LogP contribution in [0.15, 0.2) is 97.2 Å². The molecule has 0 aliphatic carbocycles. The zero-order chi connectivity index (χ0) is 29.0. The number of esters is 1. The number of carbonyl (C=O) groups excluding carboxylic acids is 1. The van der Waals surface area contributed by atoms with Crippen molar-refractivity contribution in [3.63, 3.8) is 0 Å². The lowest BCUT2D eigenvalue weighted by Gasteiger charge is -2.36. The predicted molar refractivity (Wildman–Crippen MR) is 163 cm³/mol. The van der Waals surface area contributed by atoms with Crippen LogP contribution in [-0.4, -0.2) is 60.4 Å². The zero-order valence-electron chi connectivity index (χ0n) is 24.1. The molecular weight excluding hydrogens is 514 g/mol. The molecule has 7 nitrogen and oxygen atoms in total. The van der Waals surface area contributed by atoms with E-state index >= 15 is 0 Å². The molecule has 0 amide bonds. The Kier molecular flexibility index (Phi) is 10.9. The number of benzene rings is 3. The van der Waals surface area contributed by atoms with E-state index in [0.29, 0.717) is 18.0 Å². The second-order valence-electron chi connectivity index (χ2n) is 10.1. The molecule has 0 spiro atoms. The van der Waals surface area contributed by atoms with E-state index in [0.717, 1.165) is 62.3 Å². The van der Waals surface area contributed by atoms with Crippen molar-refractivity contribution in [3.8, 4) is 16.9 Å². The van der Waals surface area contributed by atoms with Crippen molar-refractivity contribution in [2.45, 2.75) is 33.1 Å². The standard InChI is InChI=1S/C33H35N3O3.CH4O/c1-25(2)39-33(37)31-30(28-13-7-4-8-14-28)16-17-34-32(31)36-20-18-35(19-21-36)23-27-12-9-15-29(22-27)38-24-26-10-5-3-6-11-26;1-2/h3-17,22,25H,18-21,23-24H2,1-2H3;2H,1H3. The summed E-state index contributed by atoms with van der Waals surface area (Å²) in [7, 11) is 1.00. The van der Waals surface area contributed by atoms with Gasteiger partial charge in [-0.3, -0.25) is 4.90 Å². The van der Waals surface area contributed by atoms with Gasteiger partial charge in [0.25, 0.3) is 0 Å². The highest BCUT2D eigenvalue weighted by Gasteiger charge is 2.27. The summed E-state index contributed by atoms with van der Waals surface area (Å²) in [5.41, 5.74) is 4.74. The number of aromatic nitrogens is 1. The number of pyridine rings is 1. The van der Waals surface area contributed by atoms with Crippen LogP contribution in [0.2, 0.25) is 0 Å². The molecule has 4 aromatic rings. The van der Waals surface area contributed by atoms with Gasteiger partial charge in [0.1, 0.15) is 23.7 Å². The van der Waals surface area contributed by atoms with Gasteiger partial charge >= 0.3 is 5.97 Å². The Hall–Kier alpha value is -4.20. The van der Waals surface area contributed by atoms with Crippen molar-refractivity contribution in [1.29, 1.82) is 0 Å². The number of carbonyl (C=O) groups is 1. The predicted octanol–water partition coefficient (Wildman–Crippen LogP) is 5.82. The van der Waals surface area contributed by atoms with Crippen LogP contribution in [0.5, 0.6) is 5.75 Å². The lowest BCUT2D eigenvalue weighted by atomic mass is 10.00. The molecule has 7 heteroatoms. The molecule has 1 aromatic heterocycles. The second-order valence-corrected chi connectivity index (χ2v) is 10.1. The molecular formula is C34H39N3O4. The fourth-order valence-corrected chi connectivity index (χ4v) is 4.87. The zero-order valence-corrected chi connectivity index (χ0v) is 24.1. The Morgan fingerprint density at radius 3 is 2.20 bits per heavy atom. The Morgan fingerprint density at radius 2 is 1.51 bits per heavy atom. The number of rotatable bonds is 9. The van der Waals surface area contributed by atoms with E-state index in [-0.39, 0.29) is 12.1 Å². The molecule has 1 saturated heterocycles. The van der Waals surface area contributed by atoms with Gasteiger partial charge in [-0.2, -0.15) is 0 Å². The topological polar surface area (TPSA) is 75.1 Å². The van der Waals surface area contributed by atoms with Gasteiger partial charge in [0, 0.05) is 51.6 Å². The Labute approximate surface area is 243 Å². The maximum atomic E-state index is 13.3. The van der Waals surface area contributed by atoms with Crippen LogP contribution in [0.4, 0.5) is 5.82 Å². The van der Waals surface area contributed by atoms with E-state index in [2.05, 4.69) is 45.1 Å². The van der Waals surface area contributed by atoms with Gasteiger partial charge in [-0.15, -0.1) is 0 Å². The molecule has 214 valence electrons. The molecule has 5 rings (SSSR count). The second kappa shape index (κ2) is 15.0. The molecule has 41 heavy (non-hydrogen) atoms. The number of aliphatic hydroxyl groups excluding tert-OH is 1. The average molecular weight is 554 g/mol. The van der Waals surface area contributed by atoms with Crippen LogP contribution >= 0.6 is 0 Å². The molecule has 0 unspecified atom stereocenters. The van der Waals surface area contributed by atoms with Crippen molar-refractivity contribution in [2.24, 2.45) is 0 Å². The van der Waals surface area contributed by atoms with Gasteiger partial charge in [0.2, 0.25) is 0 Å². The van der Waals surface area contributed by atoms with Gasteiger partial charge in [0.15, 0.2) is 0 Å². The van der Waals surface area contributed by atoms with E-state index in [1.807, 2.05) is 74.5 Å². The highest BCUT2D eigenvalue weighted by molar-refractivity contribution is 6.02. The van der Waals surface area contributed by atoms with Gasteiger partial charge in [-0.1, -0.05) is 72.8 Å². The van der Waals surface area contributed by atoms with Crippen LogP contribution in [0.1, 0.15) is 35.3 Å². The van der Waals surface area contributed by atoms with E-state index in [9.17, 15) is 4.79 Å². The van der Waals surface area contributed by atoms with E-state index < -0.39 is 0 Å². The number of aliphatic hydroxyl groups is 1. The Morgan fingerprint density at radius 1 is 0.854 bits per heavy atom. The summed E-state index contributed by atoms with van der Waals surface area (Å²) in [5.74, 6) is 1.24. The smallest absolute Gasteiger partial charge is 0.342 e. The first-order valence-electron chi connectivity index (χ1n) is 14.0. The summed E-state index contributed by atoms with van der Waals surface area (Å²) in [6.07, 6.45) is 1.58. The summed E-state index contributed by atoms with van der Waals surface area (Å²) >= 11 is 0. The molecule has 0 radical (unpaired) electrons. The van der Waals surface area contributed by atoms with Crippen LogP contribution in [-0.2, 0) is 17.9 Å². The van der Waals surface area contributed by atoms with Gasteiger partial charge in [0.05, 0.1) is 6.10 Å². The highest BCUT2D eigenvalue weighted by Crippen LogP contribution is 2.31. The maximum Gasteiger partial charge on any atom is 0.342 e. The number of ether oxygens (including phenoxy) is 2. The lowest BCUT2D eigenvalue weighted by molar-refractivity contribution is 0.0379. The molecule has 0 bridgehead atoms. The SMILES string of the molecule is CC(C)OC(=O)c1c(-c2ccccc2)ccnc1N1CCN(Cc2cccc(OCc3ccccc3)c2)CC1.CO. The Balaban J connectivity index is 0.00000189. The minimum Gasteiger partial charge on any atom is -0.489 e. The first kappa shape index (κ1) is 29.8. The molecule has 1 N–H and O–H groups in total. The number of piperazine rings is 1. The molecule has 3 aromatic carbocycles. The lowest BCUT2D eigenvalue weighted by Crippen LogP contribution is -2.46. The first-order valence-corrected chi connectivity index (χ1v) is 14.0. The number of hydrogen-bond donors (Lipinski definition) is 1. The average Bonchev–Trinajstić information content (AvgIpc) is 3.02. The monoisotopic (exact) mass is 553 g/mol.